The molecule has 3 aromatic carbocycles. The molecule has 0 aromatic heterocycles. The van der Waals surface area contributed by atoms with Gasteiger partial charge in [0.2, 0.25) is 6.29 Å². The van der Waals surface area contributed by atoms with Crippen molar-refractivity contribution in [2.24, 2.45) is 0 Å². The highest BCUT2D eigenvalue weighted by molar-refractivity contribution is 6.16. The van der Waals surface area contributed by atoms with Crippen molar-refractivity contribution in [1.29, 1.82) is 0 Å². The van der Waals surface area contributed by atoms with E-state index in [1.807, 2.05) is 48.5 Å². The zero-order valence-electron chi connectivity index (χ0n) is 13.7. The number of carbonyl (C=O) groups excluding carboxylic acids is 2. The molecule has 0 N–H and O–H groups in total. The number of benzene rings is 3. The SMILES string of the molecule is O=C1CCCCC(OC(=O)c2c3ccccc3cc3ccccc23)O1. The van der Waals surface area contributed by atoms with Gasteiger partial charge in [0.15, 0.2) is 0 Å². The van der Waals surface area contributed by atoms with Crippen molar-refractivity contribution in [2.75, 3.05) is 0 Å². The topological polar surface area (TPSA) is 52.6 Å². The van der Waals surface area contributed by atoms with Gasteiger partial charge in [0.25, 0.3) is 0 Å². The van der Waals surface area contributed by atoms with Crippen LogP contribution >= 0.6 is 0 Å². The first-order valence-corrected chi connectivity index (χ1v) is 8.53. The van der Waals surface area contributed by atoms with Crippen molar-refractivity contribution in [2.45, 2.75) is 32.0 Å². The molecule has 0 spiro atoms. The van der Waals surface area contributed by atoms with Gasteiger partial charge < -0.3 is 9.47 Å². The van der Waals surface area contributed by atoms with E-state index in [-0.39, 0.29) is 5.97 Å². The third-order valence-electron chi connectivity index (χ3n) is 4.55. The maximum absolute atomic E-state index is 12.9. The number of cyclic esters (lactones) is 1. The maximum Gasteiger partial charge on any atom is 0.342 e. The number of hydrogen-bond donors (Lipinski definition) is 0. The Morgan fingerprint density at radius 1 is 0.960 bits per heavy atom. The predicted octanol–water partition coefficient (Wildman–Crippen LogP) is 4.59. The van der Waals surface area contributed by atoms with Gasteiger partial charge in [-0.05, 0) is 40.5 Å². The highest BCUT2D eigenvalue weighted by Crippen LogP contribution is 2.30. The lowest BCUT2D eigenvalue weighted by molar-refractivity contribution is -0.166. The van der Waals surface area contributed by atoms with Crippen LogP contribution in [0.3, 0.4) is 0 Å². The highest BCUT2D eigenvalue weighted by atomic mass is 16.7. The molecule has 1 fully saturated rings. The van der Waals surface area contributed by atoms with E-state index in [1.165, 1.54) is 0 Å². The first-order valence-electron chi connectivity index (χ1n) is 8.53. The number of esters is 2. The van der Waals surface area contributed by atoms with E-state index in [0.29, 0.717) is 18.4 Å². The maximum atomic E-state index is 12.9. The van der Waals surface area contributed by atoms with Crippen LogP contribution in [0.2, 0.25) is 0 Å². The molecule has 1 aliphatic heterocycles. The summed E-state index contributed by atoms with van der Waals surface area (Å²) in [4.78, 5) is 24.6. The van der Waals surface area contributed by atoms with Crippen LogP contribution in [0.25, 0.3) is 21.5 Å². The molecule has 0 amide bonds. The molecule has 0 saturated carbocycles. The molecule has 1 unspecified atom stereocenters. The summed E-state index contributed by atoms with van der Waals surface area (Å²) in [6.45, 7) is 0. The number of fused-ring (bicyclic) bond motifs is 2. The Morgan fingerprint density at radius 2 is 1.60 bits per heavy atom. The van der Waals surface area contributed by atoms with Crippen LogP contribution < -0.4 is 0 Å². The van der Waals surface area contributed by atoms with Crippen LogP contribution in [-0.4, -0.2) is 18.2 Å². The summed E-state index contributed by atoms with van der Waals surface area (Å²) in [5.41, 5.74) is 0.522. The molecule has 0 radical (unpaired) electrons. The zero-order valence-corrected chi connectivity index (χ0v) is 13.7. The van der Waals surface area contributed by atoms with E-state index < -0.39 is 12.3 Å². The van der Waals surface area contributed by atoms with Crippen molar-refractivity contribution >= 4 is 33.5 Å². The fourth-order valence-electron chi connectivity index (χ4n) is 3.34. The Bertz CT molecular complexity index is 906. The van der Waals surface area contributed by atoms with Crippen LogP contribution in [0.4, 0.5) is 0 Å². The van der Waals surface area contributed by atoms with Gasteiger partial charge >= 0.3 is 11.9 Å². The number of rotatable bonds is 2. The van der Waals surface area contributed by atoms with E-state index in [9.17, 15) is 9.59 Å². The van der Waals surface area contributed by atoms with Gasteiger partial charge in [0, 0.05) is 12.8 Å². The average molecular weight is 334 g/mol. The second-order valence-electron chi connectivity index (χ2n) is 6.26. The normalized spacial score (nSPS) is 17.9. The van der Waals surface area contributed by atoms with E-state index in [1.54, 1.807) is 0 Å². The second kappa shape index (κ2) is 6.55. The number of ether oxygens (including phenoxy) is 2. The summed E-state index contributed by atoms with van der Waals surface area (Å²) in [6.07, 6.45) is 1.69. The van der Waals surface area contributed by atoms with E-state index in [0.717, 1.165) is 34.4 Å². The van der Waals surface area contributed by atoms with Crippen molar-refractivity contribution in [3.63, 3.8) is 0 Å². The molecule has 126 valence electrons. The van der Waals surface area contributed by atoms with Gasteiger partial charge in [0.05, 0.1) is 5.56 Å². The summed E-state index contributed by atoms with van der Waals surface area (Å²) in [5.74, 6) is -0.759. The molecule has 1 saturated heterocycles. The summed E-state index contributed by atoms with van der Waals surface area (Å²) in [5, 5.41) is 3.63. The Kier molecular flexibility index (Phi) is 4.10. The summed E-state index contributed by atoms with van der Waals surface area (Å²) >= 11 is 0. The van der Waals surface area contributed by atoms with Crippen molar-refractivity contribution < 1.29 is 19.1 Å². The first kappa shape index (κ1) is 15.6. The average Bonchev–Trinajstić information content (AvgIpc) is 2.83. The van der Waals surface area contributed by atoms with Crippen molar-refractivity contribution in [1.82, 2.24) is 0 Å². The van der Waals surface area contributed by atoms with E-state index in [4.69, 9.17) is 9.47 Å². The smallest absolute Gasteiger partial charge is 0.342 e. The lowest BCUT2D eigenvalue weighted by Crippen LogP contribution is -2.23. The molecular weight excluding hydrogens is 316 g/mol. The molecule has 3 aromatic rings. The highest BCUT2D eigenvalue weighted by Gasteiger charge is 2.24. The Labute approximate surface area is 145 Å². The fraction of sp³-hybridized carbons (Fsp3) is 0.238. The third-order valence-corrected chi connectivity index (χ3v) is 4.55. The van der Waals surface area contributed by atoms with Crippen molar-refractivity contribution in [3.05, 3.63) is 60.2 Å². The molecule has 0 bridgehead atoms. The minimum absolute atomic E-state index is 0.307. The van der Waals surface area contributed by atoms with Gasteiger partial charge in [-0.25, -0.2) is 4.79 Å². The second-order valence-corrected chi connectivity index (χ2v) is 6.26. The van der Waals surface area contributed by atoms with E-state index in [2.05, 4.69) is 6.07 Å². The minimum Gasteiger partial charge on any atom is -0.425 e. The summed E-state index contributed by atoms with van der Waals surface area (Å²) < 4.78 is 10.8. The van der Waals surface area contributed by atoms with Crippen LogP contribution in [-0.2, 0) is 14.3 Å². The van der Waals surface area contributed by atoms with Crippen LogP contribution in [0.15, 0.2) is 54.6 Å². The molecule has 4 heteroatoms. The van der Waals surface area contributed by atoms with Crippen LogP contribution in [0.1, 0.15) is 36.0 Å². The molecular formula is C21H18O4. The van der Waals surface area contributed by atoms with Crippen LogP contribution in [0, 0.1) is 0 Å². The Morgan fingerprint density at radius 3 is 2.28 bits per heavy atom. The minimum atomic E-state index is -0.805. The lowest BCUT2D eigenvalue weighted by Gasteiger charge is -2.17. The fourth-order valence-corrected chi connectivity index (χ4v) is 3.34. The van der Waals surface area contributed by atoms with E-state index >= 15 is 0 Å². The molecule has 1 atom stereocenters. The third kappa shape index (κ3) is 3.07. The number of hydrogen-bond acceptors (Lipinski definition) is 4. The summed E-state index contributed by atoms with van der Waals surface area (Å²) in [6, 6.07) is 17.5. The predicted molar refractivity (Wildman–Crippen MR) is 95.2 cm³/mol. The molecule has 1 aliphatic rings. The van der Waals surface area contributed by atoms with Crippen molar-refractivity contribution in [3.8, 4) is 0 Å². The summed E-state index contributed by atoms with van der Waals surface area (Å²) in [7, 11) is 0. The van der Waals surface area contributed by atoms with Gasteiger partial charge in [-0.15, -0.1) is 0 Å². The lowest BCUT2D eigenvalue weighted by atomic mass is 9.97. The first-order chi connectivity index (χ1) is 12.2. The van der Waals surface area contributed by atoms with Gasteiger partial charge in [0.1, 0.15) is 0 Å². The van der Waals surface area contributed by atoms with Crippen LogP contribution in [0.5, 0.6) is 0 Å². The molecule has 25 heavy (non-hydrogen) atoms. The molecule has 4 rings (SSSR count). The Hall–Kier alpha value is -2.88. The Balaban J connectivity index is 1.78. The monoisotopic (exact) mass is 334 g/mol. The van der Waals surface area contributed by atoms with Gasteiger partial charge in [-0.1, -0.05) is 48.5 Å². The standard InChI is InChI=1S/C21H18O4/c22-18-11-5-6-12-19(24-18)25-21(23)20-16-9-3-1-7-14(16)13-15-8-2-4-10-17(15)20/h1-4,7-10,13,19H,5-6,11-12H2. The number of carbonyl (C=O) groups is 2. The zero-order chi connectivity index (χ0) is 17.2. The molecule has 1 heterocycles. The molecule has 0 aliphatic carbocycles. The van der Waals surface area contributed by atoms with Gasteiger partial charge in [-0.2, -0.15) is 0 Å². The quantitative estimate of drug-likeness (QED) is 0.508. The molecule has 4 nitrogen and oxygen atoms in total. The largest absolute Gasteiger partial charge is 0.425 e. The van der Waals surface area contributed by atoms with Gasteiger partial charge in [-0.3, -0.25) is 4.79 Å².